The summed E-state index contributed by atoms with van der Waals surface area (Å²) in [5.41, 5.74) is 0.767. The zero-order chi connectivity index (χ0) is 18.4. The van der Waals surface area contributed by atoms with Gasteiger partial charge in [-0.1, -0.05) is 28.1 Å². The van der Waals surface area contributed by atoms with Gasteiger partial charge in [0.05, 0.1) is 19.3 Å². The summed E-state index contributed by atoms with van der Waals surface area (Å²) >= 11 is 3.31. The van der Waals surface area contributed by atoms with Crippen LogP contribution in [0.25, 0.3) is 0 Å². The van der Waals surface area contributed by atoms with Crippen LogP contribution >= 0.6 is 15.9 Å². The van der Waals surface area contributed by atoms with Gasteiger partial charge in [-0.15, -0.1) is 0 Å². The quantitative estimate of drug-likeness (QED) is 0.506. The molecule has 132 valence electrons. The van der Waals surface area contributed by atoms with Crippen molar-refractivity contribution in [3.63, 3.8) is 0 Å². The zero-order valence-corrected chi connectivity index (χ0v) is 15.8. The van der Waals surface area contributed by atoms with E-state index >= 15 is 0 Å². The highest BCUT2D eigenvalue weighted by atomic mass is 79.9. The van der Waals surface area contributed by atoms with E-state index in [1.807, 2.05) is 6.92 Å². The lowest BCUT2D eigenvalue weighted by Crippen LogP contribution is -2.24. The first-order valence-corrected chi connectivity index (χ1v) is 8.57. The number of methoxy groups -OCH3 is 1. The smallest absolute Gasteiger partial charge is 0.338 e. The molecule has 0 heterocycles. The molecule has 0 aromatic heterocycles. The van der Waals surface area contributed by atoms with Crippen LogP contribution in [0.15, 0.2) is 46.9 Å². The van der Waals surface area contributed by atoms with Gasteiger partial charge in [-0.05, 0) is 44.2 Å². The third kappa shape index (κ3) is 4.82. The van der Waals surface area contributed by atoms with E-state index in [1.165, 1.54) is 13.2 Å². The highest BCUT2D eigenvalue weighted by Gasteiger charge is 2.21. The third-order valence-corrected chi connectivity index (χ3v) is 4.01. The Kier molecular flexibility index (Phi) is 6.58. The Morgan fingerprint density at radius 1 is 1.04 bits per heavy atom. The fraction of sp³-hybridized carbons (Fsp3) is 0.263. The number of carbonyl (C=O) groups excluding carboxylic acids is 2. The number of ether oxygens (including phenoxy) is 3. The average Bonchev–Trinajstić information content (AvgIpc) is 2.62. The molecule has 25 heavy (non-hydrogen) atoms. The van der Waals surface area contributed by atoms with E-state index in [9.17, 15) is 9.59 Å². The van der Waals surface area contributed by atoms with Crippen LogP contribution in [0.2, 0.25) is 0 Å². The SMILES string of the molecule is CCOc1ccc(C(=O)O[C@H](C)C(=O)c2ccc(Br)cc2)cc1OC. The second kappa shape index (κ2) is 8.67. The van der Waals surface area contributed by atoms with Crippen molar-refractivity contribution in [2.24, 2.45) is 0 Å². The summed E-state index contributed by atoms with van der Waals surface area (Å²) in [5.74, 6) is 0.113. The molecule has 0 spiro atoms. The Labute approximate surface area is 155 Å². The van der Waals surface area contributed by atoms with Gasteiger partial charge in [0, 0.05) is 10.0 Å². The predicted octanol–water partition coefficient (Wildman–Crippen LogP) is 4.28. The van der Waals surface area contributed by atoms with Gasteiger partial charge in [0.1, 0.15) is 0 Å². The molecule has 0 saturated carbocycles. The van der Waals surface area contributed by atoms with Crippen molar-refractivity contribution in [3.8, 4) is 11.5 Å². The molecule has 2 aromatic rings. The molecule has 6 heteroatoms. The predicted molar refractivity (Wildman–Crippen MR) is 97.5 cm³/mol. The maximum atomic E-state index is 12.3. The fourth-order valence-corrected chi connectivity index (χ4v) is 2.46. The number of halogens is 1. The van der Waals surface area contributed by atoms with Crippen molar-refractivity contribution >= 4 is 27.7 Å². The van der Waals surface area contributed by atoms with E-state index in [0.717, 1.165) is 4.47 Å². The van der Waals surface area contributed by atoms with Gasteiger partial charge in [0.25, 0.3) is 0 Å². The van der Waals surface area contributed by atoms with Crippen molar-refractivity contribution in [2.45, 2.75) is 20.0 Å². The van der Waals surface area contributed by atoms with Crippen molar-refractivity contribution in [1.29, 1.82) is 0 Å². The normalized spacial score (nSPS) is 11.5. The summed E-state index contributed by atoms with van der Waals surface area (Å²) in [5, 5.41) is 0. The molecular weight excluding hydrogens is 388 g/mol. The summed E-state index contributed by atoms with van der Waals surface area (Å²) in [6.45, 7) is 3.89. The molecule has 0 unspecified atom stereocenters. The van der Waals surface area contributed by atoms with Crippen LogP contribution in [-0.4, -0.2) is 31.6 Å². The Hall–Kier alpha value is -2.34. The number of hydrogen-bond acceptors (Lipinski definition) is 5. The first kappa shape index (κ1) is 19.0. The molecule has 0 N–H and O–H groups in total. The molecule has 0 saturated heterocycles. The number of carbonyl (C=O) groups is 2. The molecule has 2 rings (SSSR count). The summed E-state index contributed by atoms with van der Waals surface area (Å²) in [4.78, 5) is 24.7. The first-order valence-electron chi connectivity index (χ1n) is 7.77. The molecule has 1 atom stereocenters. The lowest BCUT2D eigenvalue weighted by molar-refractivity contribution is 0.0318. The minimum Gasteiger partial charge on any atom is -0.493 e. The monoisotopic (exact) mass is 406 g/mol. The zero-order valence-electron chi connectivity index (χ0n) is 14.2. The largest absolute Gasteiger partial charge is 0.493 e. The first-order chi connectivity index (χ1) is 12.0. The van der Waals surface area contributed by atoms with E-state index < -0.39 is 12.1 Å². The molecule has 0 bridgehead atoms. The molecule has 2 aromatic carbocycles. The fourth-order valence-electron chi connectivity index (χ4n) is 2.20. The van der Waals surface area contributed by atoms with Gasteiger partial charge in [-0.3, -0.25) is 4.79 Å². The number of Topliss-reactive ketones (excluding diaryl/α,β-unsaturated/α-hetero) is 1. The Morgan fingerprint density at radius 2 is 1.68 bits per heavy atom. The number of hydrogen-bond donors (Lipinski definition) is 0. The molecule has 0 aliphatic rings. The molecule has 0 aliphatic heterocycles. The van der Waals surface area contributed by atoms with Gasteiger partial charge in [-0.25, -0.2) is 4.79 Å². The van der Waals surface area contributed by atoms with Crippen LogP contribution < -0.4 is 9.47 Å². The summed E-state index contributed by atoms with van der Waals surface area (Å²) in [6, 6.07) is 11.6. The molecule has 5 nitrogen and oxygen atoms in total. The lowest BCUT2D eigenvalue weighted by atomic mass is 10.1. The molecule has 0 amide bonds. The average molecular weight is 407 g/mol. The van der Waals surface area contributed by atoms with Crippen LogP contribution in [0.4, 0.5) is 0 Å². The van der Waals surface area contributed by atoms with E-state index in [4.69, 9.17) is 14.2 Å². The van der Waals surface area contributed by atoms with E-state index in [2.05, 4.69) is 15.9 Å². The topological polar surface area (TPSA) is 61.8 Å². The second-order valence-corrected chi connectivity index (χ2v) is 6.13. The van der Waals surface area contributed by atoms with Crippen molar-refractivity contribution in [1.82, 2.24) is 0 Å². The lowest BCUT2D eigenvalue weighted by Gasteiger charge is -2.14. The van der Waals surface area contributed by atoms with E-state index in [1.54, 1.807) is 43.3 Å². The minimum absolute atomic E-state index is 0.265. The van der Waals surface area contributed by atoms with E-state index in [0.29, 0.717) is 23.7 Å². The Bertz CT molecular complexity index is 755. The molecule has 0 fully saturated rings. The van der Waals surface area contributed by atoms with Gasteiger partial charge in [0.15, 0.2) is 17.6 Å². The maximum Gasteiger partial charge on any atom is 0.338 e. The summed E-state index contributed by atoms with van der Waals surface area (Å²) in [7, 11) is 1.49. The van der Waals surface area contributed by atoms with Gasteiger partial charge >= 0.3 is 5.97 Å². The number of esters is 1. The standard InChI is InChI=1S/C19H19BrO5/c1-4-24-16-10-7-14(11-17(16)23-3)19(22)25-12(2)18(21)13-5-8-15(20)9-6-13/h5-12H,4H2,1-3H3/t12-/m1/s1. The Balaban J connectivity index is 2.10. The van der Waals surface area contributed by atoms with Crippen LogP contribution in [-0.2, 0) is 4.74 Å². The van der Waals surface area contributed by atoms with Gasteiger partial charge in [0.2, 0.25) is 5.78 Å². The van der Waals surface area contributed by atoms with Crippen molar-refractivity contribution in [2.75, 3.05) is 13.7 Å². The Morgan fingerprint density at radius 3 is 2.28 bits per heavy atom. The van der Waals surface area contributed by atoms with E-state index in [-0.39, 0.29) is 11.3 Å². The van der Waals surface area contributed by atoms with Crippen LogP contribution in [0.3, 0.4) is 0 Å². The van der Waals surface area contributed by atoms with Crippen LogP contribution in [0.5, 0.6) is 11.5 Å². The van der Waals surface area contributed by atoms with Gasteiger partial charge in [-0.2, -0.15) is 0 Å². The summed E-state index contributed by atoms with van der Waals surface area (Å²) in [6.07, 6.45) is -0.897. The van der Waals surface area contributed by atoms with Crippen LogP contribution in [0.1, 0.15) is 34.6 Å². The van der Waals surface area contributed by atoms with Gasteiger partial charge < -0.3 is 14.2 Å². The number of benzene rings is 2. The number of rotatable bonds is 7. The third-order valence-electron chi connectivity index (χ3n) is 3.48. The summed E-state index contributed by atoms with van der Waals surface area (Å²) < 4.78 is 16.8. The molecule has 0 aliphatic carbocycles. The van der Waals surface area contributed by atoms with Crippen molar-refractivity contribution < 1.29 is 23.8 Å². The van der Waals surface area contributed by atoms with Crippen LogP contribution in [0, 0.1) is 0 Å². The second-order valence-electron chi connectivity index (χ2n) is 5.22. The van der Waals surface area contributed by atoms with Crippen molar-refractivity contribution in [3.05, 3.63) is 58.1 Å². The minimum atomic E-state index is -0.897. The maximum absolute atomic E-state index is 12.3. The highest BCUT2D eigenvalue weighted by Crippen LogP contribution is 2.28. The molecule has 0 radical (unpaired) electrons. The number of ketones is 1. The molecular formula is C19H19BrO5. The highest BCUT2D eigenvalue weighted by molar-refractivity contribution is 9.10.